The quantitative estimate of drug-likeness (QED) is 0.595. The van der Waals surface area contributed by atoms with Gasteiger partial charge >= 0.3 is 6.09 Å². The molecule has 6 nitrogen and oxygen atoms in total. The number of carbonyl (C=O) groups is 2. The van der Waals surface area contributed by atoms with E-state index in [0.717, 1.165) is 23.2 Å². The summed E-state index contributed by atoms with van der Waals surface area (Å²) in [5.74, 6) is -0.187. The molecule has 2 amide bonds. The minimum absolute atomic E-state index is 0.187. The molecule has 0 atom stereocenters. The van der Waals surface area contributed by atoms with E-state index in [1.807, 2.05) is 69.3 Å². The first kappa shape index (κ1) is 22.0. The Morgan fingerprint density at radius 2 is 1.42 bits per heavy atom. The fourth-order valence-electron chi connectivity index (χ4n) is 2.91. The number of aromatic nitrogens is 1. The van der Waals surface area contributed by atoms with E-state index in [0.29, 0.717) is 12.1 Å². The molecule has 0 aliphatic rings. The smallest absolute Gasteiger partial charge is 0.407 e. The van der Waals surface area contributed by atoms with Crippen LogP contribution in [-0.2, 0) is 17.7 Å². The zero-order valence-corrected chi connectivity index (χ0v) is 18.0. The molecule has 0 aliphatic carbocycles. The highest BCUT2D eigenvalue weighted by Crippen LogP contribution is 2.15. The van der Waals surface area contributed by atoms with Gasteiger partial charge in [-0.1, -0.05) is 24.3 Å². The van der Waals surface area contributed by atoms with E-state index in [9.17, 15) is 9.59 Å². The first-order valence-corrected chi connectivity index (χ1v) is 10.1. The molecule has 0 aliphatic heterocycles. The lowest BCUT2D eigenvalue weighted by atomic mass is 10.1. The monoisotopic (exact) mass is 417 g/mol. The third kappa shape index (κ3) is 7.26. The maximum atomic E-state index is 12.5. The van der Waals surface area contributed by atoms with E-state index in [2.05, 4.69) is 15.6 Å². The molecule has 31 heavy (non-hydrogen) atoms. The van der Waals surface area contributed by atoms with Gasteiger partial charge in [0.15, 0.2) is 0 Å². The molecule has 0 bridgehead atoms. The number of benzene rings is 2. The summed E-state index contributed by atoms with van der Waals surface area (Å²) < 4.78 is 5.21. The Hall–Kier alpha value is -3.67. The number of anilines is 1. The van der Waals surface area contributed by atoms with Crippen LogP contribution in [0.15, 0.2) is 73.1 Å². The van der Waals surface area contributed by atoms with Crippen LogP contribution in [0.2, 0.25) is 0 Å². The molecule has 0 radical (unpaired) electrons. The Kier molecular flexibility index (Phi) is 7.03. The molecule has 0 saturated heterocycles. The normalized spacial score (nSPS) is 10.9. The van der Waals surface area contributed by atoms with Crippen LogP contribution in [0.1, 0.15) is 47.8 Å². The lowest BCUT2D eigenvalue weighted by molar-refractivity contribution is 0.0523. The Morgan fingerprint density at radius 3 is 2.03 bits per heavy atom. The summed E-state index contributed by atoms with van der Waals surface area (Å²) in [7, 11) is 0. The van der Waals surface area contributed by atoms with Crippen molar-refractivity contribution < 1.29 is 14.3 Å². The Bertz CT molecular complexity index is 1010. The zero-order chi connectivity index (χ0) is 22.3. The maximum Gasteiger partial charge on any atom is 0.407 e. The van der Waals surface area contributed by atoms with Crippen LogP contribution in [0.3, 0.4) is 0 Å². The molecule has 0 saturated carbocycles. The predicted octanol–water partition coefficient (Wildman–Crippen LogP) is 4.95. The van der Waals surface area contributed by atoms with E-state index < -0.39 is 11.7 Å². The van der Waals surface area contributed by atoms with Gasteiger partial charge in [-0.2, -0.15) is 0 Å². The van der Waals surface area contributed by atoms with Gasteiger partial charge in [-0.15, -0.1) is 0 Å². The van der Waals surface area contributed by atoms with Gasteiger partial charge in [-0.05, 0) is 80.3 Å². The lowest BCUT2D eigenvalue weighted by Crippen LogP contribution is -2.32. The molecule has 1 heterocycles. The number of rotatable bonds is 6. The number of pyridine rings is 1. The van der Waals surface area contributed by atoms with Gasteiger partial charge in [-0.25, -0.2) is 4.79 Å². The zero-order valence-electron chi connectivity index (χ0n) is 18.0. The molecule has 2 N–H and O–H groups in total. The van der Waals surface area contributed by atoms with Gasteiger partial charge in [0, 0.05) is 30.2 Å². The van der Waals surface area contributed by atoms with Crippen LogP contribution in [-0.4, -0.2) is 22.6 Å². The van der Waals surface area contributed by atoms with Crippen LogP contribution < -0.4 is 10.6 Å². The van der Waals surface area contributed by atoms with Crippen molar-refractivity contribution in [1.29, 1.82) is 0 Å². The van der Waals surface area contributed by atoms with Gasteiger partial charge in [-0.3, -0.25) is 9.78 Å². The number of hydrogen-bond acceptors (Lipinski definition) is 4. The molecule has 0 unspecified atom stereocenters. The van der Waals surface area contributed by atoms with Crippen LogP contribution in [0.4, 0.5) is 10.5 Å². The number of amides is 2. The summed E-state index contributed by atoms with van der Waals surface area (Å²) in [6.07, 6.45) is 3.91. The highest BCUT2D eigenvalue weighted by Gasteiger charge is 2.15. The van der Waals surface area contributed by atoms with Crippen molar-refractivity contribution in [3.63, 3.8) is 0 Å². The third-order valence-corrected chi connectivity index (χ3v) is 4.42. The predicted molar refractivity (Wildman–Crippen MR) is 121 cm³/mol. The van der Waals surface area contributed by atoms with E-state index in [1.165, 1.54) is 5.56 Å². The second-order valence-electron chi connectivity index (χ2n) is 8.24. The average molecular weight is 418 g/mol. The summed E-state index contributed by atoms with van der Waals surface area (Å²) in [5.41, 5.74) is 3.96. The van der Waals surface area contributed by atoms with Crippen molar-refractivity contribution in [3.05, 3.63) is 95.3 Å². The highest BCUT2D eigenvalue weighted by molar-refractivity contribution is 6.04. The van der Waals surface area contributed by atoms with Gasteiger partial charge in [0.2, 0.25) is 0 Å². The summed E-state index contributed by atoms with van der Waals surface area (Å²) in [5, 5.41) is 5.61. The van der Waals surface area contributed by atoms with Gasteiger partial charge in [0.1, 0.15) is 5.60 Å². The van der Waals surface area contributed by atoms with Gasteiger partial charge in [0.25, 0.3) is 5.91 Å². The minimum Gasteiger partial charge on any atom is -0.444 e. The lowest BCUT2D eigenvalue weighted by Gasteiger charge is -2.19. The number of nitrogens with one attached hydrogen (secondary N) is 2. The Labute approximate surface area is 182 Å². The van der Waals surface area contributed by atoms with E-state index in [4.69, 9.17) is 4.74 Å². The number of hydrogen-bond donors (Lipinski definition) is 2. The summed E-state index contributed by atoms with van der Waals surface area (Å²) in [6, 6.07) is 18.9. The second kappa shape index (κ2) is 9.89. The molecule has 3 rings (SSSR count). The highest BCUT2D eigenvalue weighted by atomic mass is 16.6. The van der Waals surface area contributed by atoms with Gasteiger partial charge < -0.3 is 15.4 Å². The number of alkyl carbamates (subject to hydrolysis) is 1. The van der Waals surface area contributed by atoms with Crippen molar-refractivity contribution in [2.45, 2.75) is 39.3 Å². The Morgan fingerprint density at radius 1 is 0.839 bits per heavy atom. The topological polar surface area (TPSA) is 80.3 Å². The van der Waals surface area contributed by atoms with Crippen molar-refractivity contribution in [2.75, 3.05) is 5.32 Å². The average Bonchev–Trinajstić information content (AvgIpc) is 2.73. The molecular formula is C25H27N3O3. The van der Waals surface area contributed by atoms with Crippen LogP contribution in [0.25, 0.3) is 0 Å². The number of carbonyl (C=O) groups excluding carboxylic acids is 2. The molecule has 6 heteroatoms. The van der Waals surface area contributed by atoms with Gasteiger partial charge in [0.05, 0.1) is 0 Å². The first-order chi connectivity index (χ1) is 14.8. The van der Waals surface area contributed by atoms with Crippen LogP contribution >= 0.6 is 0 Å². The summed E-state index contributed by atoms with van der Waals surface area (Å²) in [6.45, 7) is 5.77. The maximum absolute atomic E-state index is 12.5. The summed E-state index contributed by atoms with van der Waals surface area (Å²) in [4.78, 5) is 28.3. The fourth-order valence-corrected chi connectivity index (χ4v) is 2.91. The molecule has 0 fully saturated rings. The molecule has 0 spiro atoms. The molecule has 160 valence electrons. The number of nitrogens with zero attached hydrogens (tertiary/aromatic N) is 1. The van der Waals surface area contributed by atoms with Crippen molar-refractivity contribution >= 4 is 17.7 Å². The first-order valence-electron chi connectivity index (χ1n) is 10.1. The van der Waals surface area contributed by atoms with E-state index in [1.54, 1.807) is 24.5 Å². The van der Waals surface area contributed by atoms with Crippen LogP contribution in [0, 0.1) is 0 Å². The minimum atomic E-state index is -0.538. The largest absolute Gasteiger partial charge is 0.444 e. The van der Waals surface area contributed by atoms with E-state index in [-0.39, 0.29) is 5.91 Å². The molecule has 2 aromatic carbocycles. The van der Waals surface area contributed by atoms with Crippen molar-refractivity contribution in [3.8, 4) is 0 Å². The molecule has 1 aromatic heterocycles. The van der Waals surface area contributed by atoms with E-state index >= 15 is 0 Å². The van der Waals surface area contributed by atoms with Crippen molar-refractivity contribution in [1.82, 2.24) is 10.3 Å². The van der Waals surface area contributed by atoms with Crippen LogP contribution in [0.5, 0.6) is 0 Å². The third-order valence-electron chi connectivity index (χ3n) is 4.42. The second-order valence-corrected chi connectivity index (χ2v) is 8.24. The Balaban J connectivity index is 1.51. The SMILES string of the molecule is CC(C)(C)OC(=O)NCc1ccc(C(=O)Nc2ccc(Cc3ccncc3)cc2)cc1. The fraction of sp³-hybridized carbons (Fsp3) is 0.240. The molecular weight excluding hydrogens is 390 g/mol. The van der Waals surface area contributed by atoms with Crippen molar-refractivity contribution in [2.24, 2.45) is 0 Å². The molecule has 3 aromatic rings. The number of ether oxygens (including phenoxy) is 1. The standard InChI is InChI=1S/C25H27N3O3/c1-25(2,3)31-24(30)27-17-20-4-8-21(9-5-20)23(29)28-22-10-6-18(7-11-22)16-19-12-14-26-15-13-19/h4-15H,16-17H2,1-3H3,(H,27,30)(H,28,29). The summed E-state index contributed by atoms with van der Waals surface area (Å²) >= 11 is 0.